The fourth-order valence-corrected chi connectivity index (χ4v) is 6.01. The molecule has 198 valence electrons. The molecule has 0 spiro atoms. The predicted molar refractivity (Wildman–Crippen MR) is 148 cm³/mol. The van der Waals surface area contributed by atoms with Crippen LogP contribution in [0.2, 0.25) is 0 Å². The number of likely N-dealkylation sites (tertiary alicyclic amines) is 1. The Morgan fingerprint density at radius 3 is 2.69 bits per heavy atom. The van der Waals surface area contributed by atoms with Crippen LogP contribution in [0.15, 0.2) is 64.5 Å². The summed E-state index contributed by atoms with van der Waals surface area (Å²) in [6, 6.07) is 15.6. The van der Waals surface area contributed by atoms with Crippen LogP contribution in [0.25, 0.3) is 23.0 Å². The van der Waals surface area contributed by atoms with Crippen LogP contribution in [0.4, 0.5) is 0 Å². The van der Waals surface area contributed by atoms with Gasteiger partial charge in [0.15, 0.2) is 0 Å². The van der Waals surface area contributed by atoms with Gasteiger partial charge in [0.05, 0.1) is 17.4 Å². The van der Waals surface area contributed by atoms with Gasteiger partial charge in [0.1, 0.15) is 10.7 Å². The summed E-state index contributed by atoms with van der Waals surface area (Å²) in [5.41, 5.74) is 4.57. The summed E-state index contributed by atoms with van der Waals surface area (Å²) in [6.45, 7) is 4.73. The van der Waals surface area contributed by atoms with Crippen LogP contribution < -0.4 is 0 Å². The second kappa shape index (κ2) is 10.5. The van der Waals surface area contributed by atoms with Crippen LogP contribution in [-0.4, -0.2) is 47.3 Å². The van der Waals surface area contributed by atoms with Gasteiger partial charge in [-0.3, -0.25) is 9.48 Å². The van der Waals surface area contributed by atoms with E-state index in [1.807, 2.05) is 54.6 Å². The monoisotopic (exact) mass is 539 g/mol. The van der Waals surface area contributed by atoms with Gasteiger partial charge in [0.2, 0.25) is 5.89 Å². The van der Waals surface area contributed by atoms with Crippen LogP contribution in [0.5, 0.6) is 0 Å². The molecule has 10 heteroatoms. The van der Waals surface area contributed by atoms with Gasteiger partial charge in [-0.2, -0.15) is 5.10 Å². The number of benzene rings is 1. The van der Waals surface area contributed by atoms with E-state index in [-0.39, 0.29) is 23.8 Å². The average molecular weight is 540 g/mol. The maximum Gasteiger partial charge on any atom is 0.266 e. The highest BCUT2D eigenvalue weighted by Crippen LogP contribution is 2.36. The smallest absolute Gasteiger partial charge is 0.266 e. The van der Waals surface area contributed by atoms with Crippen molar-refractivity contribution in [3.63, 3.8) is 0 Å². The van der Waals surface area contributed by atoms with Crippen molar-refractivity contribution in [2.24, 2.45) is 7.05 Å². The summed E-state index contributed by atoms with van der Waals surface area (Å²) in [4.78, 5) is 25.3. The van der Waals surface area contributed by atoms with Crippen LogP contribution >= 0.6 is 11.3 Å². The zero-order chi connectivity index (χ0) is 26.9. The van der Waals surface area contributed by atoms with Crippen molar-refractivity contribution in [1.82, 2.24) is 34.8 Å². The minimum Gasteiger partial charge on any atom is -0.419 e. The summed E-state index contributed by atoms with van der Waals surface area (Å²) in [5.74, 6) is 0.793. The highest BCUT2D eigenvalue weighted by atomic mass is 32.1. The Morgan fingerprint density at radius 1 is 1.13 bits per heavy atom. The first-order valence-corrected chi connectivity index (χ1v) is 14.0. The molecule has 0 aliphatic carbocycles. The predicted octanol–water partition coefficient (Wildman–Crippen LogP) is 5.62. The Morgan fingerprint density at radius 2 is 1.95 bits per heavy atom. The molecule has 1 aliphatic heterocycles. The minimum absolute atomic E-state index is 0.0261. The van der Waals surface area contributed by atoms with E-state index in [2.05, 4.69) is 39.3 Å². The zero-order valence-electron chi connectivity index (χ0n) is 22.1. The highest BCUT2D eigenvalue weighted by molar-refractivity contribution is 7.09. The standard InChI is InChI=1S/C29H29N7O2S/c1-18(14-20-8-5-4-6-9-20)26-33-34-27(38-26)23-16-21(15-22(32-23)24-11-12-30-35(24)3)29(37)36-13-7-10-25(36)28-31-19(2)17-39-28/h4-6,8-9,11-12,15-18,25H,7,10,13-14H2,1-3H3/t18-,25+/m0/s1. The molecule has 6 rings (SSSR count). The first-order valence-electron chi connectivity index (χ1n) is 13.1. The third kappa shape index (κ3) is 5.12. The number of carbonyl (C=O) groups excluding carboxylic acids is 1. The van der Waals surface area contributed by atoms with Crippen LogP contribution in [0.1, 0.15) is 64.2 Å². The second-order valence-corrected chi connectivity index (χ2v) is 10.9. The summed E-state index contributed by atoms with van der Waals surface area (Å²) < 4.78 is 7.85. The van der Waals surface area contributed by atoms with Crippen LogP contribution in [0, 0.1) is 6.92 Å². The number of rotatable bonds is 7. The fraction of sp³-hybridized carbons (Fsp3) is 0.310. The molecule has 4 aromatic heterocycles. The Balaban J connectivity index is 1.35. The number of hydrogen-bond donors (Lipinski definition) is 0. The molecule has 1 aromatic carbocycles. The van der Waals surface area contributed by atoms with E-state index in [4.69, 9.17) is 9.40 Å². The van der Waals surface area contributed by atoms with Crippen LogP contribution in [0.3, 0.4) is 0 Å². The van der Waals surface area contributed by atoms with Crippen molar-refractivity contribution in [1.29, 1.82) is 0 Å². The highest BCUT2D eigenvalue weighted by Gasteiger charge is 2.33. The topological polar surface area (TPSA) is 103 Å². The Labute approximate surface area is 230 Å². The molecule has 0 N–H and O–H groups in total. The lowest BCUT2D eigenvalue weighted by atomic mass is 10.0. The summed E-state index contributed by atoms with van der Waals surface area (Å²) in [5, 5.41) is 16.0. The lowest BCUT2D eigenvalue weighted by Crippen LogP contribution is -2.30. The van der Waals surface area contributed by atoms with E-state index in [1.165, 1.54) is 5.56 Å². The van der Waals surface area contributed by atoms with E-state index in [0.717, 1.165) is 35.7 Å². The summed E-state index contributed by atoms with van der Waals surface area (Å²) in [6.07, 6.45) is 4.33. The van der Waals surface area contributed by atoms with E-state index in [1.54, 1.807) is 28.3 Å². The molecule has 0 bridgehead atoms. The average Bonchev–Trinajstić information content (AvgIpc) is 3.76. The summed E-state index contributed by atoms with van der Waals surface area (Å²) >= 11 is 1.61. The van der Waals surface area contributed by atoms with Gasteiger partial charge in [-0.25, -0.2) is 9.97 Å². The second-order valence-electron chi connectivity index (χ2n) is 9.99. The molecule has 0 unspecified atom stereocenters. The number of aromatic nitrogens is 6. The minimum atomic E-state index is -0.0606. The molecular formula is C29H29N7O2S. The zero-order valence-corrected chi connectivity index (χ0v) is 22.9. The molecule has 2 atom stereocenters. The van der Waals surface area contributed by atoms with E-state index < -0.39 is 0 Å². The fourth-order valence-electron chi connectivity index (χ4n) is 5.07. The number of amides is 1. The molecule has 1 amide bonds. The molecule has 1 fully saturated rings. The number of aryl methyl sites for hydroxylation is 2. The molecule has 0 radical (unpaired) electrons. The first-order chi connectivity index (χ1) is 19.0. The molecule has 39 heavy (non-hydrogen) atoms. The van der Waals surface area contributed by atoms with Crippen molar-refractivity contribution >= 4 is 17.2 Å². The molecule has 1 aliphatic rings. The number of carbonyl (C=O) groups is 1. The maximum atomic E-state index is 13.9. The van der Waals surface area contributed by atoms with E-state index >= 15 is 0 Å². The van der Waals surface area contributed by atoms with Gasteiger partial charge in [-0.1, -0.05) is 37.3 Å². The van der Waals surface area contributed by atoms with Gasteiger partial charge in [-0.15, -0.1) is 21.5 Å². The molecule has 5 aromatic rings. The Hall–Kier alpha value is -4.18. The van der Waals surface area contributed by atoms with Gasteiger partial charge >= 0.3 is 0 Å². The van der Waals surface area contributed by atoms with E-state index in [9.17, 15) is 4.79 Å². The molecule has 1 saturated heterocycles. The van der Waals surface area contributed by atoms with Crippen molar-refractivity contribution in [2.45, 2.75) is 45.1 Å². The van der Waals surface area contributed by atoms with Crippen LogP contribution in [-0.2, 0) is 13.5 Å². The van der Waals surface area contributed by atoms with Gasteiger partial charge in [-0.05, 0) is 49.9 Å². The third-order valence-corrected chi connectivity index (χ3v) is 8.12. The lowest BCUT2D eigenvalue weighted by Gasteiger charge is -2.23. The molecular weight excluding hydrogens is 510 g/mol. The normalized spacial score (nSPS) is 16.1. The van der Waals surface area contributed by atoms with Crippen molar-refractivity contribution in [3.8, 4) is 23.0 Å². The molecule has 5 heterocycles. The number of nitrogens with zero attached hydrogens (tertiary/aromatic N) is 7. The molecule has 0 saturated carbocycles. The van der Waals surface area contributed by atoms with Crippen molar-refractivity contribution < 1.29 is 9.21 Å². The largest absolute Gasteiger partial charge is 0.419 e. The first kappa shape index (κ1) is 25.1. The lowest BCUT2D eigenvalue weighted by molar-refractivity contribution is 0.0735. The van der Waals surface area contributed by atoms with Gasteiger partial charge in [0.25, 0.3) is 11.8 Å². The van der Waals surface area contributed by atoms with Gasteiger partial charge in [0, 0.05) is 42.3 Å². The Kier molecular flexibility index (Phi) is 6.78. The Bertz CT molecular complexity index is 1610. The number of thiazole rings is 1. The van der Waals surface area contributed by atoms with E-state index in [0.29, 0.717) is 29.4 Å². The molecule has 9 nitrogen and oxygen atoms in total. The maximum absolute atomic E-state index is 13.9. The number of hydrogen-bond acceptors (Lipinski definition) is 8. The van der Waals surface area contributed by atoms with Crippen molar-refractivity contribution in [2.75, 3.05) is 6.54 Å². The van der Waals surface area contributed by atoms with Gasteiger partial charge < -0.3 is 9.32 Å². The number of pyridine rings is 1. The summed E-state index contributed by atoms with van der Waals surface area (Å²) in [7, 11) is 1.85. The quantitative estimate of drug-likeness (QED) is 0.264. The third-order valence-electron chi connectivity index (χ3n) is 7.06. The SMILES string of the molecule is Cc1csc([C@H]2CCCN2C(=O)c2cc(-c3nnc([C@@H](C)Cc4ccccc4)o3)nc(-c3ccnn3C)c2)n1. The van der Waals surface area contributed by atoms with Crippen molar-refractivity contribution in [3.05, 3.63) is 87.8 Å².